The highest BCUT2D eigenvalue weighted by atomic mass is 32.2. The van der Waals surface area contributed by atoms with Crippen LogP contribution in [0.3, 0.4) is 0 Å². The summed E-state index contributed by atoms with van der Waals surface area (Å²) in [7, 11) is -3.63. The van der Waals surface area contributed by atoms with E-state index in [0.29, 0.717) is 40.5 Å². The Morgan fingerprint density at radius 1 is 1.41 bits per heavy atom. The number of nitrogens with one attached hydrogen (secondary N) is 2. The number of fused-ring (bicyclic) bond motifs is 1. The molecule has 0 unspecified atom stereocenters. The summed E-state index contributed by atoms with van der Waals surface area (Å²) in [4.78, 5) is 4.55. The third-order valence-electron chi connectivity index (χ3n) is 5.00. The molecule has 9 heteroatoms. The summed E-state index contributed by atoms with van der Waals surface area (Å²) < 4.78 is 43.1. The summed E-state index contributed by atoms with van der Waals surface area (Å²) in [6, 6.07) is 6.38. The quantitative estimate of drug-likeness (QED) is 0.757. The smallest absolute Gasteiger partial charge is 0.240 e. The van der Waals surface area contributed by atoms with E-state index in [1.807, 2.05) is 4.57 Å². The minimum absolute atomic E-state index is 0.0332. The minimum atomic E-state index is -3.63. The molecule has 4 rings (SSSR count). The number of rotatable bonds is 6. The summed E-state index contributed by atoms with van der Waals surface area (Å²) in [6.07, 6.45) is 3.60. The lowest BCUT2D eigenvalue weighted by molar-refractivity contribution is 0.575. The Kier molecular flexibility index (Phi) is 4.92. The molecule has 1 aliphatic carbocycles. The Labute approximate surface area is 169 Å². The number of hydrogen-bond donors (Lipinski definition) is 2. The molecule has 0 saturated heterocycles. The number of nitriles is 1. The Hall–Kier alpha value is -2.70. The fourth-order valence-corrected chi connectivity index (χ4v) is 4.74. The van der Waals surface area contributed by atoms with Gasteiger partial charge in [0.05, 0.1) is 22.5 Å². The molecular weight excluding hydrogens is 393 g/mol. The molecule has 0 bridgehead atoms. The zero-order valence-corrected chi connectivity index (χ0v) is 17.1. The van der Waals surface area contributed by atoms with Crippen LogP contribution < -0.4 is 10.0 Å². The van der Waals surface area contributed by atoms with Crippen molar-refractivity contribution in [3.8, 4) is 6.07 Å². The Bertz CT molecular complexity index is 1180. The van der Waals surface area contributed by atoms with Gasteiger partial charge in [-0.1, -0.05) is 0 Å². The molecule has 1 fully saturated rings. The summed E-state index contributed by atoms with van der Waals surface area (Å²) in [6.45, 7) is 4.13. The van der Waals surface area contributed by atoms with Gasteiger partial charge in [-0.2, -0.15) is 5.26 Å². The van der Waals surface area contributed by atoms with Crippen LogP contribution in [0.4, 0.5) is 4.39 Å². The van der Waals surface area contributed by atoms with Gasteiger partial charge in [-0.05, 0) is 50.8 Å². The van der Waals surface area contributed by atoms with Gasteiger partial charge in [0.15, 0.2) is 5.84 Å². The molecule has 2 N–H and O–H groups in total. The molecule has 0 spiro atoms. The Balaban J connectivity index is 1.76. The number of hydrogen-bond acceptors (Lipinski definition) is 5. The van der Waals surface area contributed by atoms with Crippen LogP contribution in [-0.4, -0.2) is 31.4 Å². The highest BCUT2D eigenvalue weighted by Crippen LogP contribution is 2.35. The Morgan fingerprint density at radius 2 is 2.17 bits per heavy atom. The second kappa shape index (κ2) is 7.28. The second-order valence-electron chi connectivity index (χ2n) is 7.75. The first kappa shape index (κ1) is 19.6. The normalized spacial score (nSPS) is 17.1. The maximum atomic E-state index is 13.9. The van der Waals surface area contributed by atoms with Gasteiger partial charge in [-0.3, -0.25) is 4.99 Å². The first-order valence-electron chi connectivity index (χ1n) is 9.54. The van der Waals surface area contributed by atoms with Crippen LogP contribution in [-0.2, 0) is 16.6 Å². The van der Waals surface area contributed by atoms with E-state index in [-0.39, 0.29) is 23.3 Å². The van der Waals surface area contributed by atoms with Crippen LogP contribution in [0.15, 0.2) is 34.3 Å². The number of aromatic nitrogens is 1. The third-order valence-corrected chi connectivity index (χ3v) is 6.72. The largest absolute Gasteiger partial charge is 0.344 e. The molecule has 1 saturated carbocycles. The van der Waals surface area contributed by atoms with Crippen molar-refractivity contribution in [3.63, 3.8) is 0 Å². The fourth-order valence-electron chi connectivity index (χ4n) is 3.52. The van der Waals surface area contributed by atoms with E-state index in [1.165, 1.54) is 18.3 Å². The van der Waals surface area contributed by atoms with Crippen molar-refractivity contribution in [2.75, 3.05) is 6.54 Å². The standard InChI is InChI=1S/C20H22FN5O2S/c1-12(2)25-29(27,28)15-9-23-20(24-10-15)19-17(8-22)16-6-5-14(21)7-18(16)26(19)11-13-3-4-13/h5-7,9,12-13,25H,3-4,10-11H2,1-2H3,(H,23,24). The van der Waals surface area contributed by atoms with Gasteiger partial charge in [0.25, 0.3) is 0 Å². The van der Waals surface area contributed by atoms with Crippen molar-refractivity contribution in [3.05, 3.63) is 46.4 Å². The van der Waals surface area contributed by atoms with Crippen LogP contribution in [0, 0.1) is 23.1 Å². The first-order valence-corrected chi connectivity index (χ1v) is 11.0. The molecule has 2 aromatic rings. The van der Waals surface area contributed by atoms with Crippen molar-refractivity contribution in [1.29, 1.82) is 5.26 Å². The monoisotopic (exact) mass is 415 g/mol. The van der Waals surface area contributed by atoms with E-state index in [0.717, 1.165) is 12.8 Å². The van der Waals surface area contributed by atoms with Gasteiger partial charge in [0.2, 0.25) is 10.0 Å². The molecule has 2 heterocycles. The third kappa shape index (κ3) is 3.78. The molecule has 1 aromatic heterocycles. The lowest BCUT2D eigenvalue weighted by Crippen LogP contribution is -2.36. The van der Waals surface area contributed by atoms with Crippen molar-refractivity contribution >= 4 is 26.8 Å². The van der Waals surface area contributed by atoms with Gasteiger partial charge in [0.1, 0.15) is 17.6 Å². The van der Waals surface area contributed by atoms with Gasteiger partial charge in [0, 0.05) is 24.2 Å². The zero-order valence-electron chi connectivity index (χ0n) is 16.2. The van der Waals surface area contributed by atoms with Crippen LogP contribution in [0.2, 0.25) is 0 Å². The Morgan fingerprint density at radius 3 is 2.76 bits per heavy atom. The second-order valence-corrected chi connectivity index (χ2v) is 9.51. The van der Waals surface area contributed by atoms with E-state index >= 15 is 0 Å². The molecule has 0 amide bonds. The van der Waals surface area contributed by atoms with Crippen LogP contribution in [0.25, 0.3) is 10.9 Å². The average Bonchev–Trinajstić information content (AvgIpc) is 3.43. The maximum Gasteiger partial charge on any atom is 0.240 e. The number of benzene rings is 1. The summed E-state index contributed by atoms with van der Waals surface area (Å²) >= 11 is 0. The van der Waals surface area contributed by atoms with Crippen LogP contribution in [0.5, 0.6) is 0 Å². The maximum absolute atomic E-state index is 13.9. The number of amidine groups is 1. The SMILES string of the molecule is CC(C)NS(=O)(=O)C1=CNC(c2c(C#N)c3ccc(F)cc3n2CC2CC2)=NC1. The number of nitrogens with zero attached hydrogens (tertiary/aromatic N) is 3. The first-order chi connectivity index (χ1) is 13.8. The highest BCUT2D eigenvalue weighted by Gasteiger charge is 2.29. The highest BCUT2D eigenvalue weighted by molar-refractivity contribution is 7.93. The van der Waals surface area contributed by atoms with Gasteiger partial charge in [-0.15, -0.1) is 0 Å². The molecule has 29 heavy (non-hydrogen) atoms. The van der Waals surface area contributed by atoms with E-state index in [1.54, 1.807) is 19.9 Å². The molecule has 1 aromatic carbocycles. The summed E-state index contributed by atoms with van der Waals surface area (Å²) in [5.74, 6) is 0.544. The van der Waals surface area contributed by atoms with Crippen molar-refractivity contribution in [2.24, 2.45) is 10.9 Å². The number of halogens is 1. The number of sulfonamides is 1. The van der Waals surface area contributed by atoms with Gasteiger partial charge < -0.3 is 9.88 Å². The van der Waals surface area contributed by atoms with Crippen molar-refractivity contribution in [1.82, 2.24) is 14.6 Å². The predicted octanol–water partition coefficient (Wildman–Crippen LogP) is 2.58. The average molecular weight is 415 g/mol. The lowest BCUT2D eigenvalue weighted by atomic mass is 10.1. The van der Waals surface area contributed by atoms with E-state index < -0.39 is 10.0 Å². The van der Waals surface area contributed by atoms with Crippen molar-refractivity contribution < 1.29 is 12.8 Å². The van der Waals surface area contributed by atoms with E-state index in [2.05, 4.69) is 21.1 Å². The molecular formula is C20H22FN5O2S. The van der Waals surface area contributed by atoms with E-state index in [4.69, 9.17) is 0 Å². The minimum Gasteiger partial charge on any atom is -0.344 e. The molecule has 1 aliphatic heterocycles. The van der Waals surface area contributed by atoms with Gasteiger partial charge in [-0.25, -0.2) is 17.5 Å². The molecule has 0 radical (unpaired) electrons. The molecule has 0 atom stereocenters. The van der Waals surface area contributed by atoms with E-state index in [9.17, 15) is 18.1 Å². The summed E-state index contributed by atoms with van der Waals surface area (Å²) in [5, 5.41) is 13.4. The van der Waals surface area contributed by atoms with Crippen LogP contribution >= 0.6 is 0 Å². The molecule has 7 nitrogen and oxygen atoms in total. The number of aliphatic imine (C=N–C) groups is 1. The topological polar surface area (TPSA) is 99.3 Å². The van der Waals surface area contributed by atoms with Gasteiger partial charge >= 0.3 is 0 Å². The van der Waals surface area contributed by atoms with Crippen LogP contribution in [0.1, 0.15) is 37.9 Å². The molecule has 152 valence electrons. The van der Waals surface area contributed by atoms with Crippen molar-refractivity contribution in [2.45, 2.75) is 39.3 Å². The molecule has 2 aliphatic rings. The lowest BCUT2D eigenvalue weighted by Gasteiger charge is -2.19. The predicted molar refractivity (Wildman–Crippen MR) is 109 cm³/mol. The summed E-state index contributed by atoms with van der Waals surface area (Å²) in [5.41, 5.74) is 1.63. The fraction of sp³-hybridized carbons (Fsp3) is 0.400. The zero-order chi connectivity index (χ0) is 20.8.